The Bertz CT molecular complexity index is 2340. The molecule has 8 rings (SSSR count). The van der Waals surface area contributed by atoms with E-state index in [0.29, 0.717) is 10.8 Å². The van der Waals surface area contributed by atoms with Crippen molar-refractivity contribution < 1.29 is 25.8 Å². The Balaban J connectivity index is 0.00000420. The number of allylic oxidation sites excluding steroid dienone is 2. The Morgan fingerprint density at radius 1 is 0.673 bits per heavy atom. The SMILES string of the molecule is CC1=C(C)N(c2c(-c3ccccc3)cccc2-c2ccccc2)[CH-]N1c1[c-]c(Oc2[c-]c3c(-c4cc(C(C)(C)C)ccn4)cccc3s2)ccc1.[Pt]. The molecule has 3 heterocycles. The van der Waals surface area contributed by atoms with Crippen molar-refractivity contribution in [2.45, 2.75) is 40.0 Å². The average molecular weight is 876 g/mol. The Morgan fingerprint density at radius 2 is 1.29 bits per heavy atom. The van der Waals surface area contributed by atoms with Crippen LogP contribution in [0.15, 0.2) is 145 Å². The van der Waals surface area contributed by atoms with Crippen molar-refractivity contribution in [3.8, 4) is 44.3 Å². The molecule has 0 saturated carbocycles. The van der Waals surface area contributed by atoms with Gasteiger partial charge in [-0.25, -0.2) is 0 Å². The molecule has 0 fully saturated rings. The summed E-state index contributed by atoms with van der Waals surface area (Å²) in [5.74, 6) is 0.636. The molecule has 0 atom stereocenters. The van der Waals surface area contributed by atoms with E-state index in [1.165, 1.54) is 27.8 Å². The van der Waals surface area contributed by atoms with Crippen LogP contribution in [-0.2, 0) is 26.5 Å². The summed E-state index contributed by atoms with van der Waals surface area (Å²) >= 11 is 1.58. The van der Waals surface area contributed by atoms with Crippen molar-refractivity contribution in [3.63, 3.8) is 0 Å². The predicted octanol–water partition coefficient (Wildman–Crippen LogP) is 12.7. The van der Waals surface area contributed by atoms with Crippen LogP contribution in [0, 0.1) is 18.8 Å². The molecule has 262 valence electrons. The van der Waals surface area contributed by atoms with Crippen LogP contribution >= 0.6 is 11.3 Å². The van der Waals surface area contributed by atoms with E-state index in [1.807, 2.05) is 18.3 Å². The van der Waals surface area contributed by atoms with Gasteiger partial charge in [0.1, 0.15) is 5.06 Å². The minimum Gasteiger partial charge on any atom is -0.497 e. The van der Waals surface area contributed by atoms with Crippen LogP contribution in [0.2, 0.25) is 0 Å². The van der Waals surface area contributed by atoms with Crippen LogP contribution in [0.4, 0.5) is 11.4 Å². The van der Waals surface area contributed by atoms with Crippen molar-refractivity contribution in [1.82, 2.24) is 4.98 Å². The molecule has 7 aromatic rings. The van der Waals surface area contributed by atoms with E-state index in [-0.39, 0.29) is 26.5 Å². The summed E-state index contributed by atoms with van der Waals surface area (Å²) in [5.41, 5.74) is 12.3. The van der Waals surface area contributed by atoms with Crippen molar-refractivity contribution in [3.05, 3.63) is 169 Å². The first kappa shape index (κ1) is 35.4. The van der Waals surface area contributed by atoms with Crippen molar-refractivity contribution in [2.24, 2.45) is 0 Å². The quantitative estimate of drug-likeness (QED) is 0.149. The molecule has 0 radical (unpaired) electrons. The number of aromatic nitrogens is 1. The van der Waals surface area contributed by atoms with E-state index < -0.39 is 0 Å². The maximum Gasteiger partial charge on any atom is 0.107 e. The van der Waals surface area contributed by atoms with E-state index >= 15 is 0 Å². The monoisotopic (exact) mass is 875 g/mol. The molecular weight excluding hydrogens is 838 g/mol. The van der Waals surface area contributed by atoms with Gasteiger partial charge in [-0.2, -0.15) is 22.8 Å². The van der Waals surface area contributed by atoms with Crippen LogP contribution in [0.5, 0.6) is 10.8 Å². The number of fused-ring (bicyclic) bond motifs is 1. The van der Waals surface area contributed by atoms with Gasteiger partial charge in [-0.3, -0.25) is 4.98 Å². The zero-order valence-electron chi connectivity index (χ0n) is 29.8. The Labute approximate surface area is 325 Å². The number of thiophene rings is 1. The first-order valence-electron chi connectivity index (χ1n) is 17.2. The third-order valence-electron chi connectivity index (χ3n) is 9.50. The van der Waals surface area contributed by atoms with E-state index in [2.05, 4.69) is 178 Å². The second-order valence-electron chi connectivity index (χ2n) is 13.8. The first-order valence-corrected chi connectivity index (χ1v) is 18.0. The smallest absolute Gasteiger partial charge is 0.107 e. The fraction of sp³-hybridized carbons (Fsp3) is 0.130. The van der Waals surface area contributed by atoms with Gasteiger partial charge in [0.05, 0.1) is 0 Å². The molecule has 2 aromatic heterocycles. The van der Waals surface area contributed by atoms with Gasteiger partial charge < -0.3 is 14.5 Å². The van der Waals surface area contributed by atoms with Gasteiger partial charge in [0.2, 0.25) is 0 Å². The number of benzene rings is 5. The molecule has 0 unspecified atom stereocenters. The molecule has 1 aliphatic heterocycles. The summed E-state index contributed by atoms with van der Waals surface area (Å²) in [7, 11) is 0. The summed E-state index contributed by atoms with van der Waals surface area (Å²) in [5, 5.41) is 1.70. The number of rotatable bonds is 7. The third kappa shape index (κ3) is 6.84. The van der Waals surface area contributed by atoms with Gasteiger partial charge >= 0.3 is 0 Å². The molecule has 4 nitrogen and oxygen atoms in total. The Hall–Kier alpha value is -4.96. The van der Waals surface area contributed by atoms with E-state index in [9.17, 15) is 0 Å². The van der Waals surface area contributed by atoms with Gasteiger partial charge in [-0.05, 0) is 48.1 Å². The molecular formula is C46H38N3OPtS-3. The number of anilines is 2. The zero-order chi connectivity index (χ0) is 35.1. The van der Waals surface area contributed by atoms with Crippen molar-refractivity contribution in [1.29, 1.82) is 0 Å². The molecule has 6 heteroatoms. The fourth-order valence-corrected chi connectivity index (χ4v) is 7.52. The first-order chi connectivity index (χ1) is 24.7. The molecule has 0 spiro atoms. The minimum absolute atomic E-state index is 0. The Morgan fingerprint density at radius 3 is 1.96 bits per heavy atom. The second-order valence-corrected chi connectivity index (χ2v) is 14.9. The number of ether oxygens (including phenoxy) is 1. The molecule has 0 bridgehead atoms. The second kappa shape index (κ2) is 14.6. The molecule has 5 aromatic carbocycles. The van der Waals surface area contributed by atoms with Gasteiger partial charge in [0.25, 0.3) is 0 Å². The van der Waals surface area contributed by atoms with E-state index in [0.717, 1.165) is 44.1 Å². The van der Waals surface area contributed by atoms with Crippen molar-refractivity contribution >= 4 is 32.8 Å². The standard InChI is InChI=1S/C46H38N3OS.Pt/c1-31-32(2)49(45-38(33-15-8-6-9-16-33)21-13-22-39(45)34-17-10-7-11-18-34)30-48(31)36-19-12-20-37(28-36)50-44-29-41-40(23-14-24-43(41)51-44)42-27-35(25-26-47-42)46(3,4)5;/h6-27,30H,1-5H3;/q-3;. The van der Waals surface area contributed by atoms with E-state index in [1.54, 1.807) is 11.3 Å². The van der Waals surface area contributed by atoms with Crippen LogP contribution in [0.25, 0.3) is 43.6 Å². The topological polar surface area (TPSA) is 28.6 Å². The molecule has 0 aliphatic carbocycles. The number of nitrogens with zero attached hydrogens (tertiary/aromatic N) is 3. The normalized spacial score (nSPS) is 13.1. The number of hydrogen-bond acceptors (Lipinski definition) is 5. The minimum atomic E-state index is 0. The summed E-state index contributed by atoms with van der Waals surface area (Å²) in [6.45, 7) is 13.2. The molecule has 0 N–H and O–H groups in total. The summed E-state index contributed by atoms with van der Waals surface area (Å²) in [6, 6.07) is 51.5. The Kier molecular flexibility index (Phi) is 9.94. The summed E-state index contributed by atoms with van der Waals surface area (Å²) in [6.07, 6.45) is 1.90. The van der Waals surface area contributed by atoms with Crippen molar-refractivity contribution in [2.75, 3.05) is 9.80 Å². The van der Waals surface area contributed by atoms with Gasteiger partial charge in [-0.15, -0.1) is 54.3 Å². The maximum atomic E-state index is 6.48. The van der Waals surface area contributed by atoms with Crippen LogP contribution < -0.4 is 14.5 Å². The number of hydrogen-bond donors (Lipinski definition) is 0. The molecule has 0 saturated heterocycles. The van der Waals surface area contributed by atoms with Gasteiger partial charge in [-0.1, -0.05) is 110 Å². The maximum absolute atomic E-state index is 6.48. The molecule has 52 heavy (non-hydrogen) atoms. The van der Waals surface area contributed by atoms with Gasteiger partial charge in [0.15, 0.2) is 0 Å². The van der Waals surface area contributed by atoms with Gasteiger partial charge in [0, 0.05) is 66.9 Å². The largest absolute Gasteiger partial charge is 0.497 e. The third-order valence-corrected chi connectivity index (χ3v) is 10.4. The fourth-order valence-electron chi connectivity index (χ4n) is 6.62. The summed E-state index contributed by atoms with van der Waals surface area (Å²) in [4.78, 5) is 9.23. The van der Waals surface area contributed by atoms with E-state index in [4.69, 9.17) is 9.72 Å². The average Bonchev–Trinajstić information content (AvgIpc) is 3.70. The summed E-state index contributed by atoms with van der Waals surface area (Å²) < 4.78 is 7.58. The molecule has 0 amide bonds. The predicted molar refractivity (Wildman–Crippen MR) is 213 cm³/mol. The number of pyridine rings is 1. The zero-order valence-corrected chi connectivity index (χ0v) is 32.8. The van der Waals surface area contributed by atoms with Crippen LogP contribution in [0.1, 0.15) is 40.2 Å². The van der Waals surface area contributed by atoms with Crippen LogP contribution in [-0.4, -0.2) is 4.98 Å². The number of para-hydroxylation sites is 1. The molecule has 1 aliphatic rings. The van der Waals surface area contributed by atoms with Crippen LogP contribution in [0.3, 0.4) is 0 Å².